The fraction of sp³-hybridized carbons (Fsp3) is 0.640. The molecule has 1 aromatic carbocycles. The van der Waals surface area contributed by atoms with E-state index in [-0.39, 0.29) is 10.8 Å². The van der Waals surface area contributed by atoms with Crippen LogP contribution in [0.1, 0.15) is 96.1 Å². The number of hydrogen-bond donors (Lipinski definition) is 0. The van der Waals surface area contributed by atoms with Gasteiger partial charge in [-0.15, -0.1) is 0 Å². The Morgan fingerprint density at radius 1 is 0.926 bits per heavy atom. The third kappa shape index (κ3) is 3.05. The maximum atomic E-state index is 4.46. The van der Waals surface area contributed by atoms with Crippen molar-refractivity contribution in [2.24, 2.45) is 15.8 Å². The molecule has 146 valence electrons. The van der Waals surface area contributed by atoms with Crippen molar-refractivity contribution < 1.29 is 0 Å². The van der Waals surface area contributed by atoms with Crippen LogP contribution in [0.15, 0.2) is 34.5 Å². The quantitative estimate of drug-likeness (QED) is 0.415. The summed E-state index contributed by atoms with van der Waals surface area (Å²) in [6.45, 7) is 11.9. The van der Waals surface area contributed by atoms with Gasteiger partial charge in [0.1, 0.15) is 0 Å². The lowest BCUT2D eigenvalue weighted by molar-refractivity contribution is 0.259. The van der Waals surface area contributed by atoms with Crippen molar-refractivity contribution in [2.45, 2.75) is 85.0 Å². The molecular weight excluding hydrogens is 328 g/mol. The van der Waals surface area contributed by atoms with Gasteiger partial charge in [0.05, 0.1) is 6.34 Å². The van der Waals surface area contributed by atoms with Gasteiger partial charge in [-0.2, -0.15) is 0 Å². The smallest absolute Gasteiger partial charge is 0.0934 e. The highest BCUT2D eigenvalue weighted by molar-refractivity contribution is 5.85. The van der Waals surface area contributed by atoms with Crippen molar-refractivity contribution in [2.75, 3.05) is 11.9 Å². The first kappa shape index (κ1) is 18.8. The van der Waals surface area contributed by atoms with Gasteiger partial charge in [-0.3, -0.25) is 4.99 Å². The van der Waals surface area contributed by atoms with Crippen molar-refractivity contribution >= 4 is 12.0 Å². The Morgan fingerprint density at radius 2 is 1.52 bits per heavy atom. The molecule has 0 atom stereocenters. The summed E-state index contributed by atoms with van der Waals surface area (Å²) in [4.78, 5) is 6.86. The standard InChI is InChI=1S/C25H36N2/c1-17-23(25(4,5)14-13-24(17,2)3)27(16-26-6)20-11-12-21-18-7-9-19(10-8-18)22(21)15-20/h11-12,15-16,18-19H,7-10,13-14H2,1-6H3/b26-16+. The number of hydrogen-bond acceptors (Lipinski definition) is 1. The normalized spacial score (nSPS) is 28.5. The Hall–Kier alpha value is -1.57. The molecule has 0 N–H and O–H groups in total. The van der Waals surface area contributed by atoms with Crippen molar-refractivity contribution in [1.82, 2.24) is 0 Å². The maximum absolute atomic E-state index is 4.46. The van der Waals surface area contributed by atoms with Gasteiger partial charge in [-0.05, 0) is 91.5 Å². The molecule has 2 nitrogen and oxygen atoms in total. The van der Waals surface area contributed by atoms with Crippen LogP contribution >= 0.6 is 0 Å². The van der Waals surface area contributed by atoms with E-state index < -0.39 is 0 Å². The van der Waals surface area contributed by atoms with Crippen LogP contribution in [0.2, 0.25) is 0 Å². The molecule has 0 heterocycles. The average Bonchev–Trinajstić information content (AvgIpc) is 2.66. The summed E-state index contributed by atoms with van der Waals surface area (Å²) in [6, 6.07) is 7.26. The first-order chi connectivity index (χ1) is 12.7. The molecule has 4 aliphatic carbocycles. The number of allylic oxidation sites excluding steroid dienone is 2. The summed E-state index contributed by atoms with van der Waals surface area (Å²) >= 11 is 0. The monoisotopic (exact) mass is 364 g/mol. The lowest BCUT2D eigenvalue weighted by atomic mass is 9.65. The zero-order valence-electron chi connectivity index (χ0n) is 18.1. The zero-order valence-corrected chi connectivity index (χ0v) is 18.1. The third-order valence-electron chi connectivity index (χ3n) is 7.81. The minimum Gasteiger partial charge on any atom is -0.305 e. The Kier molecular flexibility index (Phi) is 4.52. The molecule has 1 saturated carbocycles. The van der Waals surface area contributed by atoms with Gasteiger partial charge in [0.25, 0.3) is 0 Å². The first-order valence-corrected chi connectivity index (χ1v) is 10.8. The molecule has 5 rings (SSSR count). The van der Waals surface area contributed by atoms with E-state index in [1.165, 1.54) is 55.5 Å². The van der Waals surface area contributed by atoms with E-state index in [0.717, 1.165) is 11.8 Å². The first-order valence-electron chi connectivity index (χ1n) is 10.8. The molecular formula is C25H36N2. The van der Waals surface area contributed by atoms with Gasteiger partial charge in [0.15, 0.2) is 0 Å². The number of rotatable bonds is 3. The van der Waals surface area contributed by atoms with Gasteiger partial charge in [0.2, 0.25) is 0 Å². The summed E-state index contributed by atoms with van der Waals surface area (Å²) in [5.74, 6) is 1.58. The van der Waals surface area contributed by atoms with Gasteiger partial charge >= 0.3 is 0 Å². The second-order valence-corrected chi connectivity index (χ2v) is 10.3. The highest BCUT2D eigenvalue weighted by Crippen LogP contribution is 2.52. The van der Waals surface area contributed by atoms with Crippen molar-refractivity contribution in [3.63, 3.8) is 0 Å². The van der Waals surface area contributed by atoms with E-state index in [9.17, 15) is 0 Å². The van der Waals surface area contributed by atoms with Crippen LogP contribution in [-0.4, -0.2) is 13.4 Å². The lowest BCUT2D eigenvalue weighted by Gasteiger charge is -2.46. The highest BCUT2D eigenvalue weighted by atomic mass is 15.2. The van der Waals surface area contributed by atoms with E-state index in [0.29, 0.717) is 0 Å². The molecule has 1 fully saturated rings. The molecule has 0 saturated heterocycles. The fourth-order valence-corrected chi connectivity index (χ4v) is 5.79. The van der Waals surface area contributed by atoms with Crippen molar-refractivity contribution in [3.8, 4) is 0 Å². The Labute approximate surface area is 165 Å². The molecule has 2 heteroatoms. The number of aliphatic imine (C=N–C) groups is 1. The van der Waals surface area contributed by atoms with E-state index in [2.05, 4.69) is 62.7 Å². The van der Waals surface area contributed by atoms with Gasteiger partial charge in [0, 0.05) is 23.8 Å². The SMILES string of the molecule is C/N=C/N(C1=C(C)C(C)(C)CCC1(C)C)c1ccc2c(c1)C1CCC2CC1. The number of nitrogens with zero attached hydrogens (tertiary/aromatic N) is 2. The second kappa shape index (κ2) is 6.50. The zero-order chi connectivity index (χ0) is 19.4. The average molecular weight is 365 g/mol. The summed E-state index contributed by atoms with van der Waals surface area (Å²) in [6.07, 6.45) is 10.1. The van der Waals surface area contributed by atoms with Crippen LogP contribution < -0.4 is 4.90 Å². The second-order valence-electron chi connectivity index (χ2n) is 10.3. The van der Waals surface area contributed by atoms with Crippen LogP contribution in [0.4, 0.5) is 5.69 Å². The molecule has 27 heavy (non-hydrogen) atoms. The van der Waals surface area contributed by atoms with Gasteiger partial charge < -0.3 is 4.90 Å². The molecule has 0 aliphatic heterocycles. The van der Waals surface area contributed by atoms with Crippen LogP contribution in [0.5, 0.6) is 0 Å². The number of fused-ring (bicyclic) bond motifs is 2. The largest absolute Gasteiger partial charge is 0.305 e. The predicted octanol–water partition coefficient (Wildman–Crippen LogP) is 7.03. The minimum absolute atomic E-state index is 0.162. The van der Waals surface area contributed by atoms with Crippen molar-refractivity contribution in [1.29, 1.82) is 0 Å². The van der Waals surface area contributed by atoms with Gasteiger partial charge in [-0.25, -0.2) is 0 Å². The topological polar surface area (TPSA) is 15.6 Å². The van der Waals surface area contributed by atoms with E-state index in [4.69, 9.17) is 0 Å². The van der Waals surface area contributed by atoms with E-state index in [1.54, 1.807) is 11.1 Å². The van der Waals surface area contributed by atoms with Crippen LogP contribution in [0, 0.1) is 10.8 Å². The van der Waals surface area contributed by atoms with Crippen molar-refractivity contribution in [3.05, 3.63) is 40.6 Å². The summed E-state index contributed by atoms with van der Waals surface area (Å²) in [5, 5.41) is 0. The third-order valence-corrected chi connectivity index (χ3v) is 7.81. The van der Waals surface area contributed by atoms with Gasteiger partial charge in [-0.1, -0.05) is 33.8 Å². The minimum atomic E-state index is 0.162. The Bertz CT molecular complexity index is 789. The van der Waals surface area contributed by atoms with Crippen LogP contribution in [0.3, 0.4) is 0 Å². The molecule has 0 amide bonds. The van der Waals surface area contributed by atoms with E-state index in [1.807, 2.05) is 13.4 Å². The highest BCUT2D eigenvalue weighted by Gasteiger charge is 2.40. The Morgan fingerprint density at radius 3 is 2.15 bits per heavy atom. The summed E-state index contributed by atoms with van der Waals surface area (Å²) in [5.41, 5.74) is 7.92. The molecule has 2 bridgehead atoms. The number of anilines is 1. The summed E-state index contributed by atoms with van der Waals surface area (Å²) < 4.78 is 0. The fourth-order valence-electron chi connectivity index (χ4n) is 5.79. The maximum Gasteiger partial charge on any atom is 0.0934 e. The summed E-state index contributed by atoms with van der Waals surface area (Å²) in [7, 11) is 1.89. The molecule has 0 spiro atoms. The van der Waals surface area contributed by atoms with Crippen LogP contribution in [-0.2, 0) is 0 Å². The molecule has 0 aromatic heterocycles. The molecule has 0 radical (unpaired) electrons. The molecule has 1 aromatic rings. The molecule has 4 aliphatic rings. The predicted molar refractivity (Wildman–Crippen MR) is 117 cm³/mol. The molecule has 0 unspecified atom stereocenters. The Balaban J connectivity index is 1.83. The number of benzene rings is 1. The van der Waals surface area contributed by atoms with E-state index >= 15 is 0 Å². The lowest BCUT2D eigenvalue weighted by Crippen LogP contribution is -2.39. The van der Waals surface area contributed by atoms with Crippen LogP contribution in [0.25, 0.3) is 0 Å².